The molecule has 44 heavy (non-hydrogen) atoms. The van der Waals surface area contributed by atoms with Gasteiger partial charge in [0.05, 0.1) is 30.3 Å². The molecule has 1 aliphatic rings. The number of carbonyl (C=O) groups excluding carboxylic acids is 2. The lowest BCUT2D eigenvalue weighted by Gasteiger charge is -2.23. The van der Waals surface area contributed by atoms with Crippen LogP contribution in [0.25, 0.3) is 0 Å². The topological polar surface area (TPSA) is 169 Å². The van der Waals surface area contributed by atoms with Crippen LogP contribution in [-0.2, 0) is 38.8 Å². The summed E-state index contributed by atoms with van der Waals surface area (Å²) in [7, 11) is 0. The number of aryl methyl sites for hydroxylation is 1. The summed E-state index contributed by atoms with van der Waals surface area (Å²) in [6.45, 7) is -0.323. The first kappa shape index (κ1) is 35.3. The van der Waals surface area contributed by atoms with Gasteiger partial charge in [-0.3, -0.25) is 20.0 Å². The Labute approximate surface area is 258 Å². The Balaban J connectivity index is 1.27. The summed E-state index contributed by atoms with van der Waals surface area (Å²) in [6.07, 6.45) is 7.55. The average molecular weight is 615 g/mol. The van der Waals surface area contributed by atoms with Crippen LogP contribution in [0.5, 0.6) is 0 Å². The number of unbranched alkanes of at least 4 members (excludes halogenated alkanes) is 1. The van der Waals surface area contributed by atoms with Gasteiger partial charge in [-0.15, -0.1) is 0 Å². The van der Waals surface area contributed by atoms with Gasteiger partial charge in [-0.25, -0.2) is 4.84 Å². The van der Waals surface area contributed by atoms with E-state index in [4.69, 9.17) is 15.2 Å². The highest BCUT2D eigenvalue weighted by Crippen LogP contribution is 2.38. The summed E-state index contributed by atoms with van der Waals surface area (Å²) in [5.74, 6) is -0.971. The minimum Gasteiger partial charge on any atom is -0.460 e. The molecule has 1 fully saturated rings. The second-order valence-electron chi connectivity index (χ2n) is 11.3. The van der Waals surface area contributed by atoms with E-state index in [-0.39, 0.29) is 49.3 Å². The molecule has 0 aromatic heterocycles. The molecule has 0 unspecified atom stereocenters. The Hall–Kier alpha value is -3.16. The van der Waals surface area contributed by atoms with Gasteiger partial charge in [0.1, 0.15) is 13.2 Å². The van der Waals surface area contributed by atoms with Crippen LogP contribution in [-0.4, -0.2) is 67.9 Å². The fraction of sp³-hybridized carbons (Fsp3) is 0.515. The SMILES string of the molecule is O=C(CCC/C=C\C[C@@H]1[C@@H](CC[C@@H](O)CCc2ccccc2)[C@H](O)C[C@@H]1O)NCC(=O)OCc1cccc(CON(O)O)c1. The first-order valence-corrected chi connectivity index (χ1v) is 15.2. The number of rotatable bonds is 19. The molecule has 2 aromatic carbocycles. The number of nitrogens with one attached hydrogen (secondary N) is 1. The molecule has 5 atom stereocenters. The van der Waals surface area contributed by atoms with Crippen molar-refractivity contribution in [2.24, 2.45) is 11.8 Å². The van der Waals surface area contributed by atoms with Gasteiger partial charge in [0.15, 0.2) is 0 Å². The highest BCUT2D eigenvalue weighted by atomic mass is 17.1. The zero-order valence-electron chi connectivity index (χ0n) is 25.0. The van der Waals surface area contributed by atoms with Crippen molar-refractivity contribution in [3.63, 3.8) is 0 Å². The molecule has 6 N–H and O–H groups in total. The van der Waals surface area contributed by atoms with Crippen LogP contribution in [0, 0.1) is 11.8 Å². The van der Waals surface area contributed by atoms with E-state index in [1.165, 1.54) is 5.56 Å². The van der Waals surface area contributed by atoms with Gasteiger partial charge in [0, 0.05) is 6.42 Å². The maximum Gasteiger partial charge on any atom is 0.325 e. The zero-order valence-corrected chi connectivity index (χ0v) is 25.0. The zero-order chi connectivity index (χ0) is 31.7. The van der Waals surface area contributed by atoms with Crippen molar-refractivity contribution >= 4 is 11.9 Å². The smallest absolute Gasteiger partial charge is 0.325 e. The number of esters is 1. The maximum atomic E-state index is 12.1. The number of aliphatic hydroxyl groups is 3. The van der Waals surface area contributed by atoms with Crippen LogP contribution in [0.1, 0.15) is 68.1 Å². The number of aliphatic hydroxyl groups excluding tert-OH is 3. The number of hydrogen-bond acceptors (Lipinski definition) is 10. The molecule has 1 saturated carbocycles. The molecular formula is C33H46N2O9. The number of allylic oxidation sites excluding steroid dienone is 2. The molecule has 242 valence electrons. The van der Waals surface area contributed by atoms with Crippen molar-refractivity contribution in [2.45, 2.75) is 89.3 Å². The third-order valence-corrected chi connectivity index (χ3v) is 7.98. The van der Waals surface area contributed by atoms with Gasteiger partial charge < -0.3 is 25.4 Å². The van der Waals surface area contributed by atoms with Crippen LogP contribution >= 0.6 is 0 Å². The Morgan fingerprint density at radius 2 is 1.64 bits per heavy atom. The van der Waals surface area contributed by atoms with Gasteiger partial charge in [0.25, 0.3) is 0 Å². The molecule has 0 bridgehead atoms. The lowest BCUT2D eigenvalue weighted by Crippen LogP contribution is -2.30. The highest BCUT2D eigenvalue weighted by molar-refractivity contribution is 5.81. The number of nitrogens with zero attached hydrogens (tertiary/aromatic N) is 1. The van der Waals surface area contributed by atoms with E-state index >= 15 is 0 Å². The number of hydrogen-bond donors (Lipinski definition) is 6. The molecule has 0 heterocycles. The molecule has 0 aliphatic heterocycles. The predicted octanol–water partition coefficient (Wildman–Crippen LogP) is 3.61. The third-order valence-electron chi connectivity index (χ3n) is 7.98. The Morgan fingerprint density at radius 1 is 0.932 bits per heavy atom. The van der Waals surface area contributed by atoms with Crippen LogP contribution in [0.15, 0.2) is 66.7 Å². The van der Waals surface area contributed by atoms with Crippen molar-refractivity contribution in [1.29, 1.82) is 0 Å². The summed E-state index contributed by atoms with van der Waals surface area (Å²) < 4.78 is 5.18. The van der Waals surface area contributed by atoms with Crippen molar-refractivity contribution in [3.8, 4) is 0 Å². The lowest BCUT2D eigenvalue weighted by atomic mass is 9.85. The van der Waals surface area contributed by atoms with Gasteiger partial charge in [0.2, 0.25) is 5.91 Å². The number of amides is 1. The molecule has 1 amide bonds. The van der Waals surface area contributed by atoms with Crippen LogP contribution in [0.3, 0.4) is 0 Å². The van der Waals surface area contributed by atoms with E-state index in [9.17, 15) is 24.9 Å². The molecule has 11 heteroatoms. The maximum absolute atomic E-state index is 12.1. The highest BCUT2D eigenvalue weighted by Gasteiger charge is 2.40. The van der Waals surface area contributed by atoms with E-state index in [0.29, 0.717) is 56.1 Å². The summed E-state index contributed by atoms with van der Waals surface area (Å²) in [5.41, 5.74) is 2.52. The van der Waals surface area contributed by atoms with Gasteiger partial charge in [-0.1, -0.05) is 66.7 Å². The third kappa shape index (κ3) is 13.2. The van der Waals surface area contributed by atoms with E-state index in [2.05, 4.69) is 10.2 Å². The minimum absolute atomic E-state index is 0.00226. The van der Waals surface area contributed by atoms with Gasteiger partial charge >= 0.3 is 5.97 Å². The average Bonchev–Trinajstić information content (AvgIpc) is 3.29. The Bertz CT molecular complexity index is 1160. The fourth-order valence-electron chi connectivity index (χ4n) is 5.58. The summed E-state index contributed by atoms with van der Waals surface area (Å²) >= 11 is 0. The van der Waals surface area contributed by atoms with Gasteiger partial charge in [-0.05, 0) is 79.9 Å². The van der Waals surface area contributed by atoms with Crippen molar-refractivity contribution in [3.05, 3.63) is 83.4 Å². The standard InChI is InChI=1S/C33H46N2O9/c36-27(16-15-24-9-4-3-5-10-24)17-18-29-28(30(37)20-31(29)38)13-6-1-2-7-14-32(39)34-21-33(40)43-22-25-11-8-12-26(19-25)23-44-35(41)42/h1,3-6,8-12,19,27-31,36-38,41-42H,2,7,13-18,20-23H2,(H,34,39)/b6-1-/t27-,28+,29+,30-,31+/m0/s1. The number of carbonyl (C=O) groups is 2. The van der Waals surface area contributed by atoms with Crippen molar-refractivity contribution in [1.82, 2.24) is 10.7 Å². The first-order valence-electron chi connectivity index (χ1n) is 15.2. The minimum atomic E-state index is -0.580. The molecule has 2 aromatic rings. The molecule has 0 saturated heterocycles. The molecule has 0 radical (unpaired) electrons. The normalized spacial score (nSPS) is 20.7. The number of benzene rings is 2. The van der Waals surface area contributed by atoms with Crippen LogP contribution in [0.4, 0.5) is 0 Å². The van der Waals surface area contributed by atoms with Crippen molar-refractivity contribution in [2.75, 3.05) is 6.54 Å². The molecular weight excluding hydrogens is 568 g/mol. The van der Waals surface area contributed by atoms with Crippen LogP contribution < -0.4 is 5.32 Å². The summed E-state index contributed by atoms with van der Waals surface area (Å²) in [6, 6.07) is 16.9. The number of ether oxygens (including phenoxy) is 1. The largest absolute Gasteiger partial charge is 0.460 e. The lowest BCUT2D eigenvalue weighted by molar-refractivity contribution is -0.497. The Morgan fingerprint density at radius 3 is 2.39 bits per heavy atom. The van der Waals surface area contributed by atoms with E-state index in [0.717, 1.165) is 6.42 Å². The molecule has 3 rings (SSSR count). The van der Waals surface area contributed by atoms with Crippen molar-refractivity contribution < 1.29 is 44.9 Å². The van der Waals surface area contributed by atoms with Crippen LogP contribution in [0.2, 0.25) is 0 Å². The summed E-state index contributed by atoms with van der Waals surface area (Å²) in [4.78, 5) is 28.7. The quantitative estimate of drug-likeness (QED) is 0.0595. The van der Waals surface area contributed by atoms with E-state index < -0.39 is 24.3 Å². The van der Waals surface area contributed by atoms with E-state index in [1.807, 2.05) is 42.5 Å². The monoisotopic (exact) mass is 614 g/mol. The second kappa shape index (κ2) is 19.3. The van der Waals surface area contributed by atoms with E-state index in [1.54, 1.807) is 24.3 Å². The second-order valence-corrected chi connectivity index (χ2v) is 11.3. The molecule has 11 nitrogen and oxygen atoms in total. The first-order chi connectivity index (χ1) is 21.2. The fourth-order valence-corrected chi connectivity index (χ4v) is 5.58. The molecule has 1 aliphatic carbocycles. The van der Waals surface area contributed by atoms with Gasteiger partial charge in [-0.2, -0.15) is 0 Å². The Kier molecular flexibility index (Phi) is 15.5. The molecule has 0 spiro atoms. The summed E-state index contributed by atoms with van der Waals surface area (Å²) in [5, 5.41) is 50.9. The predicted molar refractivity (Wildman–Crippen MR) is 161 cm³/mol.